The number of hydrogen-bond acceptors (Lipinski definition) is 4. The number of amides is 2. The Morgan fingerprint density at radius 3 is 2.38 bits per heavy atom. The van der Waals surface area contributed by atoms with Gasteiger partial charge < -0.3 is 10.2 Å². The van der Waals surface area contributed by atoms with Crippen LogP contribution in [-0.2, 0) is 32.3 Å². The standard InChI is InChI=1S/C25H31BrF3N3O4S/c1-4-13-30-24(34)18(2)31(17-19-8-5-10-21(26)15-19)23(33)12-7-14-32(37(3,35)36)22-11-6-9-20(16-22)25(27,28)29/h5-6,8-11,15-16,18H,4,7,12-14,17H2,1-3H3,(H,30,34)/t18-/m0/s1. The van der Waals surface area contributed by atoms with Crippen molar-refractivity contribution in [3.8, 4) is 0 Å². The third kappa shape index (κ3) is 9.33. The van der Waals surface area contributed by atoms with E-state index in [9.17, 15) is 31.2 Å². The van der Waals surface area contributed by atoms with Crippen LogP contribution in [0.5, 0.6) is 0 Å². The highest BCUT2D eigenvalue weighted by molar-refractivity contribution is 9.10. The third-order valence-corrected chi connectivity index (χ3v) is 7.26. The number of rotatable bonds is 12. The van der Waals surface area contributed by atoms with Gasteiger partial charge in [0.15, 0.2) is 0 Å². The van der Waals surface area contributed by atoms with Crippen LogP contribution >= 0.6 is 15.9 Å². The molecular formula is C25H31BrF3N3O4S. The zero-order valence-corrected chi connectivity index (χ0v) is 23.3. The summed E-state index contributed by atoms with van der Waals surface area (Å²) >= 11 is 3.39. The van der Waals surface area contributed by atoms with Gasteiger partial charge in [0.05, 0.1) is 17.5 Å². The van der Waals surface area contributed by atoms with Gasteiger partial charge in [-0.15, -0.1) is 0 Å². The van der Waals surface area contributed by atoms with Crippen LogP contribution in [0.25, 0.3) is 0 Å². The number of benzene rings is 2. The molecule has 0 unspecified atom stereocenters. The van der Waals surface area contributed by atoms with Crippen molar-refractivity contribution in [2.45, 2.75) is 51.9 Å². The second-order valence-corrected chi connectivity index (χ2v) is 11.4. The summed E-state index contributed by atoms with van der Waals surface area (Å²) in [6, 6.07) is 10.5. The molecular weight excluding hydrogens is 575 g/mol. The van der Waals surface area contributed by atoms with Crippen molar-refractivity contribution in [1.29, 1.82) is 0 Å². The molecule has 0 spiro atoms. The number of alkyl halides is 3. The van der Waals surface area contributed by atoms with Crippen LogP contribution in [0, 0.1) is 0 Å². The normalized spacial score (nSPS) is 12.6. The first-order valence-corrected chi connectivity index (χ1v) is 14.3. The van der Waals surface area contributed by atoms with Crippen LogP contribution in [0.1, 0.15) is 44.2 Å². The Hall–Kier alpha value is -2.60. The summed E-state index contributed by atoms with van der Waals surface area (Å²) in [4.78, 5) is 27.3. The molecule has 0 saturated carbocycles. The maximum absolute atomic E-state index is 13.2. The average molecular weight is 607 g/mol. The van der Waals surface area contributed by atoms with E-state index in [4.69, 9.17) is 0 Å². The van der Waals surface area contributed by atoms with E-state index in [1.165, 1.54) is 11.0 Å². The quantitative estimate of drug-likeness (QED) is 0.370. The molecule has 0 heterocycles. The summed E-state index contributed by atoms with van der Waals surface area (Å²) < 4.78 is 65.8. The Labute approximate surface area is 224 Å². The Kier molecular flexibility index (Phi) is 11.0. The second kappa shape index (κ2) is 13.3. The minimum atomic E-state index is -4.63. The van der Waals surface area contributed by atoms with Gasteiger partial charge in [-0.25, -0.2) is 8.42 Å². The maximum Gasteiger partial charge on any atom is 0.416 e. The van der Waals surface area contributed by atoms with Gasteiger partial charge in [0.2, 0.25) is 21.8 Å². The van der Waals surface area contributed by atoms with Crippen molar-refractivity contribution < 1.29 is 31.2 Å². The highest BCUT2D eigenvalue weighted by atomic mass is 79.9. The van der Waals surface area contributed by atoms with Gasteiger partial charge in [-0.3, -0.25) is 13.9 Å². The SMILES string of the molecule is CCCNC(=O)[C@H](C)N(Cc1cccc(Br)c1)C(=O)CCCN(c1cccc(C(F)(F)F)c1)S(C)(=O)=O. The van der Waals surface area contributed by atoms with E-state index in [1.54, 1.807) is 6.92 Å². The average Bonchev–Trinajstić information content (AvgIpc) is 2.82. The van der Waals surface area contributed by atoms with Crippen LogP contribution in [0.15, 0.2) is 53.0 Å². The zero-order chi connectivity index (χ0) is 27.8. The molecule has 7 nitrogen and oxygen atoms in total. The number of carbonyl (C=O) groups is 2. The highest BCUT2D eigenvalue weighted by Gasteiger charge is 2.32. The van der Waals surface area contributed by atoms with Gasteiger partial charge in [-0.05, 0) is 55.7 Å². The summed E-state index contributed by atoms with van der Waals surface area (Å²) in [6.45, 7) is 3.94. The summed E-state index contributed by atoms with van der Waals surface area (Å²) in [5.41, 5.74) is -0.315. The number of carbonyl (C=O) groups excluding carboxylic acids is 2. The fraction of sp³-hybridized carbons (Fsp3) is 0.440. The summed E-state index contributed by atoms with van der Waals surface area (Å²) in [6.07, 6.45) is -3.06. The second-order valence-electron chi connectivity index (χ2n) is 8.61. The molecule has 0 aliphatic rings. The van der Waals surface area contributed by atoms with Gasteiger partial charge in [-0.2, -0.15) is 13.2 Å². The Bertz CT molecular complexity index is 1190. The smallest absolute Gasteiger partial charge is 0.354 e. The summed E-state index contributed by atoms with van der Waals surface area (Å²) in [5, 5.41) is 2.78. The van der Waals surface area contributed by atoms with E-state index in [2.05, 4.69) is 21.2 Å². The molecule has 37 heavy (non-hydrogen) atoms. The highest BCUT2D eigenvalue weighted by Crippen LogP contribution is 2.32. The van der Waals surface area contributed by atoms with Crippen LogP contribution < -0.4 is 9.62 Å². The van der Waals surface area contributed by atoms with E-state index < -0.39 is 27.8 Å². The van der Waals surface area contributed by atoms with E-state index in [0.29, 0.717) is 6.54 Å². The number of halogens is 4. The molecule has 0 radical (unpaired) electrons. The molecule has 0 aliphatic heterocycles. The van der Waals surface area contributed by atoms with Gasteiger partial charge in [0.25, 0.3) is 0 Å². The first kappa shape index (κ1) is 30.6. The molecule has 1 N–H and O–H groups in total. The van der Waals surface area contributed by atoms with E-state index in [-0.39, 0.29) is 43.4 Å². The Morgan fingerprint density at radius 2 is 1.78 bits per heavy atom. The van der Waals surface area contributed by atoms with Crippen molar-refractivity contribution in [2.75, 3.05) is 23.7 Å². The van der Waals surface area contributed by atoms with Gasteiger partial charge in [-0.1, -0.05) is 41.1 Å². The molecule has 2 amide bonds. The number of sulfonamides is 1. The Morgan fingerprint density at radius 1 is 1.11 bits per heavy atom. The number of anilines is 1. The largest absolute Gasteiger partial charge is 0.416 e. The van der Waals surface area contributed by atoms with E-state index in [0.717, 1.165) is 45.2 Å². The van der Waals surface area contributed by atoms with Gasteiger partial charge in [0, 0.05) is 30.5 Å². The molecule has 204 valence electrons. The van der Waals surface area contributed by atoms with E-state index >= 15 is 0 Å². The fourth-order valence-corrected chi connectivity index (χ4v) is 5.06. The fourth-order valence-electron chi connectivity index (χ4n) is 3.65. The number of nitrogens with one attached hydrogen (secondary N) is 1. The van der Waals surface area contributed by atoms with Crippen molar-refractivity contribution >= 4 is 43.5 Å². The molecule has 2 aromatic rings. The third-order valence-electron chi connectivity index (χ3n) is 5.57. The number of nitrogens with zero attached hydrogens (tertiary/aromatic N) is 2. The van der Waals surface area contributed by atoms with Crippen molar-refractivity contribution in [3.05, 3.63) is 64.1 Å². The molecule has 0 bridgehead atoms. The molecule has 2 aromatic carbocycles. The minimum Gasteiger partial charge on any atom is -0.354 e. The lowest BCUT2D eigenvalue weighted by atomic mass is 10.1. The minimum absolute atomic E-state index is 0.0421. The van der Waals surface area contributed by atoms with Crippen molar-refractivity contribution in [3.63, 3.8) is 0 Å². The molecule has 0 aromatic heterocycles. The molecule has 1 atom stereocenters. The lowest BCUT2D eigenvalue weighted by molar-refractivity contribution is -0.140. The van der Waals surface area contributed by atoms with Gasteiger partial charge >= 0.3 is 6.18 Å². The van der Waals surface area contributed by atoms with Crippen LogP contribution in [-0.4, -0.2) is 50.5 Å². The lowest BCUT2D eigenvalue weighted by Crippen LogP contribution is -2.47. The first-order valence-electron chi connectivity index (χ1n) is 11.7. The monoisotopic (exact) mass is 605 g/mol. The van der Waals surface area contributed by atoms with Crippen LogP contribution in [0.4, 0.5) is 18.9 Å². The zero-order valence-electron chi connectivity index (χ0n) is 20.9. The van der Waals surface area contributed by atoms with Crippen LogP contribution in [0.2, 0.25) is 0 Å². The summed E-state index contributed by atoms with van der Waals surface area (Å²) in [7, 11) is -3.92. The molecule has 0 fully saturated rings. The van der Waals surface area contributed by atoms with Crippen molar-refractivity contribution in [1.82, 2.24) is 10.2 Å². The van der Waals surface area contributed by atoms with Crippen LogP contribution in [0.3, 0.4) is 0 Å². The first-order chi connectivity index (χ1) is 17.2. The molecule has 0 aliphatic carbocycles. The number of hydrogen-bond donors (Lipinski definition) is 1. The van der Waals surface area contributed by atoms with Gasteiger partial charge in [0.1, 0.15) is 6.04 Å². The molecule has 12 heteroatoms. The topological polar surface area (TPSA) is 86.8 Å². The lowest BCUT2D eigenvalue weighted by Gasteiger charge is -2.29. The van der Waals surface area contributed by atoms with E-state index in [1.807, 2.05) is 31.2 Å². The maximum atomic E-state index is 13.2. The molecule has 2 rings (SSSR count). The van der Waals surface area contributed by atoms with Crippen molar-refractivity contribution in [2.24, 2.45) is 0 Å². The Balaban J connectivity index is 2.20. The molecule has 0 saturated heterocycles. The predicted molar refractivity (Wildman–Crippen MR) is 140 cm³/mol. The summed E-state index contributed by atoms with van der Waals surface area (Å²) in [5.74, 6) is -0.691. The predicted octanol–water partition coefficient (Wildman–Crippen LogP) is 4.96.